The van der Waals surface area contributed by atoms with Gasteiger partial charge in [-0.3, -0.25) is 0 Å². The smallest absolute Gasteiger partial charge is 0.0150 e. The van der Waals surface area contributed by atoms with Crippen LogP contribution in [0.15, 0.2) is 48.5 Å². The summed E-state index contributed by atoms with van der Waals surface area (Å²) in [7, 11) is 0. The summed E-state index contributed by atoms with van der Waals surface area (Å²) in [6.07, 6.45) is 15.8. The highest BCUT2D eigenvalue weighted by Crippen LogP contribution is 2.44. The molecule has 0 saturated heterocycles. The number of hydrogen-bond donors (Lipinski definition) is 0. The highest BCUT2D eigenvalue weighted by molar-refractivity contribution is 5.29. The van der Waals surface area contributed by atoms with Crippen molar-refractivity contribution in [3.8, 4) is 0 Å². The van der Waals surface area contributed by atoms with Crippen LogP contribution in [-0.2, 0) is 6.42 Å². The predicted octanol–water partition coefficient (Wildman–Crippen LogP) is 9.22. The van der Waals surface area contributed by atoms with Crippen LogP contribution in [0.25, 0.3) is 0 Å². The highest BCUT2D eigenvalue weighted by atomic mass is 14.4. The summed E-state index contributed by atoms with van der Waals surface area (Å²) < 4.78 is 0. The minimum absolute atomic E-state index is 0.578. The molecule has 1 atom stereocenters. The van der Waals surface area contributed by atoms with Crippen LogP contribution in [0.3, 0.4) is 0 Å². The lowest BCUT2D eigenvalue weighted by molar-refractivity contribution is 0.156. The Kier molecular flexibility index (Phi) is 7.91. The lowest BCUT2D eigenvalue weighted by Crippen LogP contribution is -2.25. The first kappa shape index (κ1) is 22.6. The van der Waals surface area contributed by atoms with Gasteiger partial charge in [0.05, 0.1) is 0 Å². The van der Waals surface area contributed by atoms with Crippen molar-refractivity contribution in [1.29, 1.82) is 0 Å². The Balaban J connectivity index is 1.25. The molecule has 0 N–H and O–H groups in total. The Labute approximate surface area is 191 Å². The molecule has 2 saturated carbocycles. The predicted molar refractivity (Wildman–Crippen MR) is 135 cm³/mol. The summed E-state index contributed by atoms with van der Waals surface area (Å²) in [5.41, 5.74) is 5.88. The molecular formula is C31H44. The SMILES string of the molecule is CCCC1CCC(C2CCC(c3ccc(C[C@@H](C)c4ccc(C)cc4)cc3)CC2)CC1. The van der Waals surface area contributed by atoms with Gasteiger partial charge in [0.25, 0.3) is 0 Å². The largest absolute Gasteiger partial charge is 0.0654 e. The van der Waals surface area contributed by atoms with Gasteiger partial charge in [-0.2, -0.15) is 0 Å². The highest BCUT2D eigenvalue weighted by Gasteiger charge is 2.31. The number of aryl methyl sites for hydroxylation is 1. The molecular weight excluding hydrogens is 372 g/mol. The fraction of sp³-hybridized carbons (Fsp3) is 0.613. The van der Waals surface area contributed by atoms with Crippen molar-refractivity contribution in [3.05, 3.63) is 70.8 Å². The van der Waals surface area contributed by atoms with Gasteiger partial charge in [-0.1, -0.05) is 93.6 Å². The van der Waals surface area contributed by atoms with Crippen LogP contribution in [0, 0.1) is 24.7 Å². The monoisotopic (exact) mass is 416 g/mol. The van der Waals surface area contributed by atoms with Gasteiger partial charge >= 0.3 is 0 Å². The first-order chi connectivity index (χ1) is 15.1. The normalized spacial score (nSPS) is 27.7. The van der Waals surface area contributed by atoms with E-state index in [4.69, 9.17) is 0 Å². The van der Waals surface area contributed by atoms with E-state index in [-0.39, 0.29) is 0 Å². The van der Waals surface area contributed by atoms with Crippen molar-refractivity contribution in [2.75, 3.05) is 0 Å². The molecule has 2 aromatic rings. The molecule has 2 aliphatic carbocycles. The van der Waals surface area contributed by atoms with E-state index in [1.807, 2.05) is 0 Å². The second-order valence-corrected chi connectivity index (χ2v) is 10.9. The molecule has 0 aliphatic heterocycles. The van der Waals surface area contributed by atoms with Crippen LogP contribution in [-0.4, -0.2) is 0 Å². The van der Waals surface area contributed by atoms with Gasteiger partial charge < -0.3 is 0 Å². The van der Waals surface area contributed by atoms with E-state index in [9.17, 15) is 0 Å². The lowest BCUT2D eigenvalue weighted by atomic mass is 9.68. The Morgan fingerprint density at radius 1 is 0.742 bits per heavy atom. The molecule has 0 aromatic heterocycles. The van der Waals surface area contributed by atoms with Gasteiger partial charge in [-0.15, -0.1) is 0 Å². The second kappa shape index (κ2) is 10.8. The summed E-state index contributed by atoms with van der Waals surface area (Å²) in [6, 6.07) is 18.8. The van der Waals surface area contributed by atoms with Crippen LogP contribution < -0.4 is 0 Å². The molecule has 0 radical (unpaired) electrons. The molecule has 0 heteroatoms. The van der Waals surface area contributed by atoms with Crippen LogP contribution >= 0.6 is 0 Å². The molecule has 4 rings (SSSR count). The van der Waals surface area contributed by atoms with E-state index in [0.717, 1.165) is 30.1 Å². The number of benzene rings is 2. The summed E-state index contributed by atoms with van der Waals surface area (Å²) in [6.45, 7) is 6.87. The summed E-state index contributed by atoms with van der Waals surface area (Å²) >= 11 is 0. The molecule has 2 aromatic carbocycles. The van der Waals surface area contributed by atoms with E-state index >= 15 is 0 Å². The van der Waals surface area contributed by atoms with Gasteiger partial charge in [0.15, 0.2) is 0 Å². The Bertz CT molecular complexity index is 768. The van der Waals surface area contributed by atoms with Crippen LogP contribution in [0.5, 0.6) is 0 Å². The quantitative estimate of drug-likeness (QED) is 0.422. The van der Waals surface area contributed by atoms with Gasteiger partial charge in [0, 0.05) is 0 Å². The van der Waals surface area contributed by atoms with Crippen molar-refractivity contribution in [2.45, 2.75) is 103 Å². The zero-order valence-corrected chi connectivity index (χ0v) is 20.3. The van der Waals surface area contributed by atoms with Crippen LogP contribution in [0.4, 0.5) is 0 Å². The molecule has 0 heterocycles. The number of rotatable bonds is 7. The van der Waals surface area contributed by atoms with E-state index in [1.54, 1.807) is 5.56 Å². The Hall–Kier alpha value is -1.56. The van der Waals surface area contributed by atoms with Crippen molar-refractivity contribution < 1.29 is 0 Å². The van der Waals surface area contributed by atoms with Crippen molar-refractivity contribution in [3.63, 3.8) is 0 Å². The molecule has 2 fully saturated rings. The Morgan fingerprint density at radius 3 is 1.90 bits per heavy atom. The Morgan fingerprint density at radius 2 is 1.32 bits per heavy atom. The average molecular weight is 417 g/mol. The summed E-state index contributed by atoms with van der Waals surface area (Å²) in [4.78, 5) is 0. The van der Waals surface area contributed by atoms with Gasteiger partial charge in [0.2, 0.25) is 0 Å². The third-order valence-electron chi connectivity index (χ3n) is 8.67. The van der Waals surface area contributed by atoms with Crippen molar-refractivity contribution >= 4 is 0 Å². The zero-order chi connectivity index (χ0) is 21.6. The minimum atomic E-state index is 0.578. The zero-order valence-electron chi connectivity index (χ0n) is 20.3. The maximum absolute atomic E-state index is 2.44. The third-order valence-corrected chi connectivity index (χ3v) is 8.67. The molecule has 31 heavy (non-hydrogen) atoms. The van der Waals surface area contributed by atoms with Crippen molar-refractivity contribution in [1.82, 2.24) is 0 Å². The molecule has 0 spiro atoms. The topological polar surface area (TPSA) is 0 Å². The van der Waals surface area contributed by atoms with Gasteiger partial charge in [0.1, 0.15) is 0 Å². The van der Waals surface area contributed by atoms with Crippen LogP contribution in [0.2, 0.25) is 0 Å². The van der Waals surface area contributed by atoms with Crippen molar-refractivity contribution in [2.24, 2.45) is 17.8 Å². The fourth-order valence-electron chi connectivity index (χ4n) is 6.57. The molecule has 2 aliphatic rings. The first-order valence-corrected chi connectivity index (χ1v) is 13.3. The molecule has 0 bridgehead atoms. The third kappa shape index (κ3) is 6.03. The summed E-state index contributed by atoms with van der Waals surface area (Å²) in [5, 5.41) is 0. The van der Waals surface area contributed by atoms with Crippen LogP contribution in [0.1, 0.15) is 112 Å². The lowest BCUT2D eigenvalue weighted by Gasteiger charge is -2.38. The minimum Gasteiger partial charge on any atom is -0.0654 e. The van der Waals surface area contributed by atoms with E-state index in [1.165, 1.54) is 80.9 Å². The molecule has 0 nitrogen and oxygen atoms in total. The molecule has 0 unspecified atom stereocenters. The first-order valence-electron chi connectivity index (χ1n) is 13.3. The van der Waals surface area contributed by atoms with E-state index in [0.29, 0.717) is 5.92 Å². The van der Waals surface area contributed by atoms with Gasteiger partial charge in [-0.25, -0.2) is 0 Å². The van der Waals surface area contributed by atoms with Gasteiger partial charge in [-0.05, 0) is 98.1 Å². The molecule has 0 amide bonds. The standard InChI is InChI=1S/C31H44/c1-4-5-25-8-14-28(15-9-25)30-18-20-31(21-19-30)29-16-10-26(11-17-29)22-24(3)27-12-6-23(2)7-13-27/h6-7,10-13,16-17,24-25,28,30-31H,4-5,8-9,14-15,18-22H2,1-3H3/t24-,25?,28?,30?,31?/m1/s1. The van der Waals surface area contributed by atoms with E-state index < -0.39 is 0 Å². The van der Waals surface area contributed by atoms with E-state index in [2.05, 4.69) is 69.3 Å². The summed E-state index contributed by atoms with van der Waals surface area (Å²) in [5.74, 6) is 4.49. The number of hydrogen-bond acceptors (Lipinski definition) is 0. The maximum Gasteiger partial charge on any atom is -0.0150 e. The average Bonchev–Trinajstić information content (AvgIpc) is 2.81. The fourth-order valence-corrected chi connectivity index (χ4v) is 6.57. The molecule has 168 valence electrons. The second-order valence-electron chi connectivity index (χ2n) is 10.9. The maximum atomic E-state index is 2.44.